The zero-order valence-corrected chi connectivity index (χ0v) is 13.4. The fourth-order valence-corrected chi connectivity index (χ4v) is 2.37. The Labute approximate surface area is 127 Å². The van der Waals surface area contributed by atoms with Crippen molar-refractivity contribution >= 4 is 11.6 Å². The fraction of sp³-hybridized carbons (Fsp3) is 0.562. The molecule has 2 atom stereocenters. The number of benzene rings is 1. The molecule has 110 valence electrons. The summed E-state index contributed by atoms with van der Waals surface area (Å²) in [6.07, 6.45) is 2.45. The summed E-state index contributed by atoms with van der Waals surface area (Å²) >= 11 is 6.00. The van der Waals surface area contributed by atoms with Crippen molar-refractivity contribution in [2.24, 2.45) is 0 Å². The maximum Gasteiger partial charge on any atom is 0.121 e. The van der Waals surface area contributed by atoms with E-state index in [0.717, 1.165) is 6.54 Å². The van der Waals surface area contributed by atoms with E-state index in [4.69, 9.17) is 21.6 Å². The minimum atomic E-state index is 0.0725. The van der Waals surface area contributed by atoms with E-state index >= 15 is 0 Å². The lowest BCUT2D eigenvalue weighted by molar-refractivity contribution is 0.136. The van der Waals surface area contributed by atoms with Gasteiger partial charge in [0.2, 0.25) is 0 Å². The molecule has 0 aromatic heterocycles. The Balaban J connectivity index is 2.56. The van der Waals surface area contributed by atoms with Crippen LogP contribution in [0, 0.1) is 11.3 Å². The summed E-state index contributed by atoms with van der Waals surface area (Å²) in [5, 5.41) is 9.27. The third-order valence-electron chi connectivity index (χ3n) is 3.40. The van der Waals surface area contributed by atoms with Crippen molar-refractivity contribution < 1.29 is 4.74 Å². The van der Waals surface area contributed by atoms with E-state index in [1.165, 1.54) is 12.8 Å². The summed E-state index contributed by atoms with van der Waals surface area (Å²) < 4.78 is 5.86. The van der Waals surface area contributed by atoms with Crippen molar-refractivity contribution in [2.45, 2.75) is 45.8 Å². The van der Waals surface area contributed by atoms with E-state index < -0.39 is 0 Å². The van der Waals surface area contributed by atoms with Gasteiger partial charge >= 0.3 is 0 Å². The third kappa shape index (κ3) is 5.03. The molecule has 0 heterocycles. The Morgan fingerprint density at radius 1 is 1.40 bits per heavy atom. The van der Waals surface area contributed by atoms with E-state index in [9.17, 15) is 0 Å². The molecule has 20 heavy (non-hydrogen) atoms. The third-order valence-corrected chi connectivity index (χ3v) is 3.71. The van der Waals surface area contributed by atoms with Crippen molar-refractivity contribution in [3.05, 3.63) is 28.8 Å². The number of hydrogen-bond donors (Lipinski definition) is 0. The van der Waals surface area contributed by atoms with Crippen molar-refractivity contribution in [2.75, 3.05) is 13.6 Å². The molecule has 0 aliphatic carbocycles. The largest absolute Gasteiger partial charge is 0.489 e. The van der Waals surface area contributed by atoms with Gasteiger partial charge in [-0.1, -0.05) is 24.9 Å². The highest BCUT2D eigenvalue weighted by atomic mass is 35.5. The molecule has 0 fully saturated rings. The normalized spacial score (nSPS) is 13.8. The second-order valence-corrected chi connectivity index (χ2v) is 5.67. The molecule has 0 N–H and O–H groups in total. The molecule has 0 radical (unpaired) electrons. The first-order chi connectivity index (χ1) is 9.47. The SMILES string of the molecule is CCCC(C)N(C)CC(C)Oc1ccc(C#N)c(Cl)c1. The van der Waals surface area contributed by atoms with Gasteiger partial charge in [-0.15, -0.1) is 0 Å². The van der Waals surface area contributed by atoms with Crippen LogP contribution in [0.4, 0.5) is 0 Å². The van der Waals surface area contributed by atoms with Gasteiger partial charge in [0, 0.05) is 18.7 Å². The molecule has 4 heteroatoms. The Morgan fingerprint density at radius 2 is 2.10 bits per heavy atom. The fourth-order valence-electron chi connectivity index (χ4n) is 2.15. The van der Waals surface area contributed by atoms with Gasteiger partial charge in [0.1, 0.15) is 17.9 Å². The molecule has 1 rings (SSSR count). The topological polar surface area (TPSA) is 36.3 Å². The maximum atomic E-state index is 8.84. The van der Waals surface area contributed by atoms with Gasteiger partial charge in [-0.25, -0.2) is 0 Å². The van der Waals surface area contributed by atoms with E-state index in [1.807, 2.05) is 13.0 Å². The molecule has 0 saturated carbocycles. The molecule has 1 aromatic rings. The molecule has 0 aliphatic heterocycles. The van der Waals surface area contributed by atoms with E-state index in [1.54, 1.807) is 18.2 Å². The van der Waals surface area contributed by atoms with E-state index in [2.05, 4.69) is 25.8 Å². The van der Waals surface area contributed by atoms with Crippen LogP contribution in [-0.2, 0) is 0 Å². The van der Waals surface area contributed by atoms with Crippen LogP contribution in [-0.4, -0.2) is 30.6 Å². The first-order valence-electron chi connectivity index (χ1n) is 7.04. The van der Waals surface area contributed by atoms with Crippen molar-refractivity contribution in [1.29, 1.82) is 5.26 Å². The monoisotopic (exact) mass is 294 g/mol. The van der Waals surface area contributed by atoms with Gasteiger partial charge < -0.3 is 9.64 Å². The van der Waals surface area contributed by atoms with Gasteiger partial charge in [-0.2, -0.15) is 5.26 Å². The van der Waals surface area contributed by atoms with Crippen molar-refractivity contribution in [1.82, 2.24) is 4.90 Å². The van der Waals surface area contributed by atoms with Crippen LogP contribution in [0.5, 0.6) is 5.75 Å². The molecule has 0 aliphatic rings. The zero-order valence-electron chi connectivity index (χ0n) is 12.7. The van der Waals surface area contributed by atoms with Gasteiger partial charge in [-0.05, 0) is 39.4 Å². The summed E-state index contributed by atoms with van der Waals surface area (Å²) in [7, 11) is 2.12. The Bertz CT molecular complexity index is 470. The minimum Gasteiger partial charge on any atom is -0.489 e. The smallest absolute Gasteiger partial charge is 0.121 e. The highest BCUT2D eigenvalue weighted by Crippen LogP contribution is 2.22. The van der Waals surface area contributed by atoms with Crippen molar-refractivity contribution in [3.8, 4) is 11.8 Å². The molecule has 0 amide bonds. The predicted molar refractivity (Wildman–Crippen MR) is 83.3 cm³/mol. The minimum absolute atomic E-state index is 0.0725. The highest BCUT2D eigenvalue weighted by Gasteiger charge is 2.13. The van der Waals surface area contributed by atoms with E-state index in [0.29, 0.717) is 22.4 Å². The standard InChI is InChI=1S/C16H23ClN2O/c1-5-6-12(2)19(4)11-13(3)20-15-8-7-14(10-18)16(17)9-15/h7-9,12-13H,5-6,11H2,1-4H3. The molecule has 0 saturated heterocycles. The average molecular weight is 295 g/mol. The molecular formula is C16H23ClN2O. The van der Waals surface area contributed by atoms with Crippen LogP contribution in [0.15, 0.2) is 18.2 Å². The van der Waals surface area contributed by atoms with Gasteiger partial charge in [0.05, 0.1) is 10.6 Å². The Kier molecular flexibility index (Phi) is 6.84. The quantitative estimate of drug-likeness (QED) is 0.759. The molecule has 3 nitrogen and oxygen atoms in total. The van der Waals surface area contributed by atoms with Crippen LogP contribution in [0.3, 0.4) is 0 Å². The number of hydrogen-bond acceptors (Lipinski definition) is 3. The lowest BCUT2D eigenvalue weighted by atomic mass is 10.1. The first kappa shape index (κ1) is 16.8. The number of likely N-dealkylation sites (N-methyl/N-ethyl adjacent to an activating group) is 1. The summed E-state index contributed by atoms with van der Waals surface area (Å²) in [5.41, 5.74) is 0.473. The zero-order chi connectivity index (χ0) is 15.1. The number of halogens is 1. The highest BCUT2D eigenvalue weighted by molar-refractivity contribution is 6.31. The van der Waals surface area contributed by atoms with Crippen LogP contribution in [0.25, 0.3) is 0 Å². The number of ether oxygens (including phenoxy) is 1. The van der Waals surface area contributed by atoms with Crippen molar-refractivity contribution in [3.63, 3.8) is 0 Å². The number of nitrogens with zero attached hydrogens (tertiary/aromatic N) is 2. The molecule has 1 aromatic carbocycles. The lowest BCUT2D eigenvalue weighted by Gasteiger charge is -2.27. The number of nitriles is 1. The number of rotatable bonds is 7. The van der Waals surface area contributed by atoms with Gasteiger partial charge in [0.15, 0.2) is 0 Å². The Hall–Kier alpha value is -1.24. The molecule has 0 bridgehead atoms. The lowest BCUT2D eigenvalue weighted by Crippen LogP contribution is -2.36. The summed E-state index contributed by atoms with van der Waals surface area (Å²) in [6, 6.07) is 7.77. The second-order valence-electron chi connectivity index (χ2n) is 5.26. The van der Waals surface area contributed by atoms with Crippen LogP contribution >= 0.6 is 11.6 Å². The second kappa shape index (κ2) is 8.14. The summed E-state index contributed by atoms with van der Waals surface area (Å²) in [4.78, 5) is 2.30. The predicted octanol–water partition coefficient (Wildman–Crippen LogP) is 4.10. The Morgan fingerprint density at radius 3 is 2.65 bits per heavy atom. The van der Waals surface area contributed by atoms with Crippen LogP contribution in [0.1, 0.15) is 39.2 Å². The maximum absolute atomic E-state index is 8.84. The molecule has 2 unspecified atom stereocenters. The van der Waals surface area contributed by atoms with Gasteiger partial charge in [0.25, 0.3) is 0 Å². The van der Waals surface area contributed by atoms with Crippen LogP contribution < -0.4 is 4.74 Å². The van der Waals surface area contributed by atoms with Gasteiger partial charge in [-0.3, -0.25) is 0 Å². The summed E-state index contributed by atoms with van der Waals surface area (Å²) in [5.74, 6) is 0.707. The van der Waals surface area contributed by atoms with Crippen LogP contribution in [0.2, 0.25) is 5.02 Å². The summed E-state index contributed by atoms with van der Waals surface area (Å²) in [6.45, 7) is 7.33. The molecular weight excluding hydrogens is 272 g/mol. The van der Waals surface area contributed by atoms with E-state index in [-0.39, 0.29) is 6.10 Å². The molecule has 0 spiro atoms. The average Bonchev–Trinajstić information content (AvgIpc) is 2.39. The first-order valence-corrected chi connectivity index (χ1v) is 7.42.